The number of hydrogen-bond donors (Lipinski definition) is 1. The van der Waals surface area contributed by atoms with Crippen molar-refractivity contribution in [1.82, 2.24) is 10.3 Å². The van der Waals surface area contributed by atoms with Crippen LogP contribution in [0, 0.1) is 6.92 Å². The smallest absolute Gasteiger partial charge is 0.140 e. The topological polar surface area (TPSA) is 43.4 Å². The normalized spacial score (nSPS) is 10.6. The number of rotatable bonds is 8. The number of nitrogens with zero attached hydrogens (tertiary/aromatic N) is 1. The molecule has 0 radical (unpaired) electrons. The van der Waals surface area contributed by atoms with Crippen molar-refractivity contribution in [3.8, 4) is 11.5 Å². The van der Waals surface area contributed by atoms with Gasteiger partial charge in [0.2, 0.25) is 0 Å². The largest absolute Gasteiger partial charge is 0.493 e. The number of benzene rings is 1. The molecule has 1 N–H and O–H groups in total. The van der Waals surface area contributed by atoms with E-state index in [1.807, 2.05) is 37.6 Å². The van der Waals surface area contributed by atoms with Gasteiger partial charge in [-0.1, -0.05) is 13.0 Å². The summed E-state index contributed by atoms with van der Waals surface area (Å²) in [6.45, 7) is 6.06. The Morgan fingerprint density at radius 2 is 2.14 bits per heavy atom. The van der Waals surface area contributed by atoms with E-state index in [0.717, 1.165) is 47.3 Å². The third-order valence-electron chi connectivity index (χ3n) is 2.90. The summed E-state index contributed by atoms with van der Waals surface area (Å²) in [4.78, 5) is 4.42. The van der Waals surface area contributed by atoms with Crippen LogP contribution in [0.2, 0.25) is 0 Å². The van der Waals surface area contributed by atoms with Gasteiger partial charge in [0.25, 0.3) is 0 Å². The van der Waals surface area contributed by atoms with E-state index in [9.17, 15) is 0 Å². The molecule has 0 unspecified atom stereocenters. The number of aryl methyl sites for hydroxylation is 1. The van der Waals surface area contributed by atoms with Crippen LogP contribution in [0.3, 0.4) is 0 Å². The SMILES string of the molecule is CCCOc1ccc(CNC)c(OCc2nc(C)cs2)c1. The van der Waals surface area contributed by atoms with E-state index in [4.69, 9.17) is 9.47 Å². The molecular formula is C16H22N2O2S. The quantitative estimate of drug-likeness (QED) is 0.810. The molecule has 1 heterocycles. The summed E-state index contributed by atoms with van der Waals surface area (Å²) in [6.07, 6.45) is 0.993. The zero-order valence-electron chi connectivity index (χ0n) is 12.8. The summed E-state index contributed by atoms with van der Waals surface area (Å²) in [7, 11) is 1.93. The molecular weight excluding hydrogens is 284 g/mol. The first-order valence-corrected chi connectivity index (χ1v) is 8.05. The third-order valence-corrected chi connectivity index (χ3v) is 3.84. The molecule has 0 saturated carbocycles. The minimum atomic E-state index is 0.493. The highest BCUT2D eigenvalue weighted by Crippen LogP contribution is 2.26. The van der Waals surface area contributed by atoms with Crippen LogP contribution in [0.15, 0.2) is 23.6 Å². The van der Waals surface area contributed by atoms with Gasteiger partial charge < -0.3 is 14.8 Å². The zero-order valence-corrected chi connectivity index (χ0v) is 13.6. The summed E-state index contributed by atoms with van der Waals surface area (Å²) >= 11 is 1.62. The summed E-state index contributed by atoms with van der Waals surface area (Å²) in [5.41, 5.74) is 2.16. The first-order chi connectivity index (χ1) is 10.2. The molecule has 1 aromatic carbocycles. The lowest BCUT2D eigenvalue weighted by atomic mass is 10.2. The Bertz CT molecular complexity index is 569. The second-order valence-electron chi connectivity index (χ2n) is 4.82. The van der Waals surface area contributed by atoms with Gasteiger partial charge >= 0.3 is 0 Å². The van der Waals surface area contributed by atoms with E-state index in [-0.39, 0.29) is 0 Å². The third kappa shape index (κ3) is 4.72. The maximum atomic E-state index is 5.94. The Hall–Kier alpha value is -1.59. The van der Waals surface area contributed by atoms with E-state index in [0.29, 0.717) is 6.61 Å². The van der Waals surface area contributed by atoms with Gasteiger partial charge in [-0.15, -0.1) is 11.3 Å². The van der Waals surface area contributed by atoms with Crippen molar-refractivity contribution in [2.24, 2.45) is 0 Å². The number of aromatic nitrogens is 1. The Kier molecular flexibility index (Phi) is 6.02. The van der Waals surface area contributed by atoms with Gasteiger partial charge in [-0.3, -0.25) is 0 Å². The summed E-state index contributed by atoms with van der Waals surface area (Å²) in [6, 6.07) is 6.00. The van der Waals surface area contributed by atoms with Crippen LogP contribution in [0.5, 0.6) is 11.5 Å². The van der Waals surface area contributed by atoms with Gasteiger partial charge in [0.05, 0.1) is 6.61 Å². The van der Waals surface area contributed by atoms with Crippen molar-refractivity contribution in [3.63, 3.8) is 0 Å². The number of nitrogens with one attached hydrogen (secondary N) is 1. The molecule has 114 valence electrons. The molecule has 21 heavy (non-hydrogen) atoms. The fourth-order valence-electron chi connectivity index (χ4n) is 1.92. The Balaban J connectivity index is 2.09. The minimum Gasteiger partial charge on any atom is -0.493 e. The molecule has 2 aromatic rings. The van der Waals surface area contributed by atoms with E-state index < -0.39 is 0 Å². The van der Waals surface area contributed by atoms with Crippen molar-refractivity contribution >= 4 is 11.3 Å². The van der Waals surface area contributed by atoms with Crippen LogP contribution in [0.1, 0.15) is 29.6 Å². The Morgan fingerprint density at radius 3 is 2.81 bits per heavy atom. The molecule has 0 aliphatic carbocycles. The van der Waals surface area contributed by atoms with E-state index in [1.165, 1.54) is 0 Å². The maximum absolute atomic E-state index is 5.94. The lowest BCUT2D eigenvalue weighted by Gasteiger charge is -2.13. The first kappa shape index (κ1) is 15.8. The van der Waals surface area contributed by atoms with Crippen LogP contribution in [-0.2, 0) is 13.2 Å². The average Bonchev–Trinajstić information content (AvgIpc) is 2.90. The number of thiazole rings is 1. The summed E-state index contributed by atoms with van der Waals surface area (Å²) in [5, 5.41) is 6.18. The predicted octanol–water partition coefficient (Wildman–Crippen LogP) is 3.54. The van der Waals surface area contributed by atoms with Gasteiger partial charge in [0.15, 0.2) is 0 Å². The van der Waals surface area contributed by atoms with Gasteiger partial charge in [-0.25, -0.2) is 4.98 Å². The molecule has 0 atom stereocenters. The van der Waals surface area contributed by atoms with Crippen molar-refractivity contribution in [3.05, 3.63) is 39.8 Å². The van der Waals surface area contributed by atoms with E-state index in [1.54, 1.807) is 11.3 Å². The van der Waals surface area contributed by atoms with Crippen molar-refractivity contribution in [2.45, 2.75) is 33.4 Å². The minimum absolute atomic E-state index is 0.493. The standard InChI is InChI=1S/C16H22N2O2S/c1-4-7-19-14-6-5-13(9-17-3)15(8-14)20-10-16-18-12(2)11-21-16/h5-6,8,11,17H,4,7,9-10H2,1-3H3. The zero-order chi connectivity index (χ0) is 15.1. The fourth-order valence-corrected chi connectivity index (χ4v) is 2.61. The molecule has 0 aliphatic rings. The summed E-state index contributed by atoms with van der Waals surface area (Å²) in [5.74, 6) is 1.70. The van der Waals surface area contributed by atoms with Crippen molar-refractivity contribution < 1.29 is 9.47 Å². The van der Waals surface area contributed by atoms with Crippen LogP contribution in [0.25, 0.3) is 0 Å². The van der Waals surface area contributed by atoms with Crippen LogP contribution in [-0.4, -0.2) is 18.6 Å². The first-order valence-electron chi connectivity index (χ1n) is 7.17. The Labute approximate surface area is 130 Å². The van der Waals surface area contributed by atoms with E-state index >= 15 is 0 Å². The number of hydrogen-bond acceptors (Lipinski definition) is 5. The van der Waals surface area contributed by atoms with Crippen molar-refractivity contribution in [2.75, 3.05) is 13.7 Å². The average molecular weight is 306 g/mol. The van der Waals surface area contributed by atoms with Gasteiger partial charge in [0.1, 0.15) is 23.1 Å². The molecule has 0 spiro atoms. The molecule has 0 fully saturated rings. The molecule has 0 aliphatic heterocycles. The lowest BCUT2D eigenvalue weighted by Crippen LogP contribution is -2.08. The van der Waals surface area contributed by atoms with Crippen LogP contribution >= 0.6 is 11.3 Å². The monoisotopic (exact) mass is 306 g/mol. The van der Waals surface area contributed by atoms with E-state index in [2.05, 4.69) is 17.2 Å². The number of ether oxygens (including phenoxy) is 2. The van der Waals surface area contributed by atoms with Gasteiger partial charge in [0, 0.05) is 29.2 Å². The van der Waals surface area contributed by atoms with Crippen LogP contribution < -0.4 is 14.8 Å². The van der Waals surface area contributed by atoms with Gasteiger partial charge in [-0.2, -0.15) is 0 Å². The highest BCUT2D eigenvalue weighted by Gasteiger charge is 2.07. The second-order valence-corrected chi connectivity index (χ2v) is 5.76. The van der Waals surface area contributed by atoms with Crippen LogP contribution in [0.4, 0.5) is 0 Å². The molecule has 2 rings (SSSR count). The molecule has 0 saturated heterocycles. The lowest BCUT2D eigenvalue weighted by molar-refractivity contribution is 0.291. The van der Waals surface area contributed by atoms with Crippen molar-refractivity contribution in [1.29, 1.82) is 0 Å². The maximum Gasteiger partial charge on any atom is 0.140 e. The molecule has 0 amide bonds. The second kappa shape index (κ2) is 8.00. The molecule has 0 bridgehead atoms. The molecule has 4 nitrogen and oxygen atoms in total. The van der Waals surface area contributed by atoms with Gasteiger partial charge in [-0.05, 0) is 26.5 Å². The molecule has 5 heteroatoms. The predicted molar refractivity (Wildman–Crippen MR) is 86.2 cm³/mol. The highest BCUT2D eigenvalue weighted by molar-refractivity contribution is 7.09. The fraction of sp³-hybridized carbons (Fsp3) is 0.438. The Morgan fingerprint density at radius 1 is 1.29 bits per heavy atom. The molecule has 1 aromatic heterocycles. The highest BCUT2D eigenvalue weighted by atomic mass is 32.1. The summed E-state index contributed by atoms with van der Waals surface area (Å²) < 4.78 is 11.6.